The van der Waals surface area contributed by atoms with Crippen LogP contribution in [0.15, 0.2) is 6.07 Å². The average molecular weight is 256 g/mol. The quantitative estimate of drug-likeness (QED) is 0.365. The predicted molar refractivity (Wildman–Crippen MR) is 47.2 cm³/mol. The summed E-state index contributed by atoms with van der Waals surface area (Å²) in [6.45, 7) is 0. The summed E-state index contributed by atoms with van der Waals surface area (Å²) in [5.41, 5.74) is -0.685. The number of hydrogen-bond acceptors (Lipinski definition) is 3. The molecule has 0 amide bonds. The number of hydrogen-bond donors (Lipinski definition) is 2. The van der Waals surface area contributed by atoms with Crippen LogP contribution in [0.5, 0.6) is 0 Å². The van der Waals surface area contributed by atoms with Gasteiger partial charge in [-0.25, -0.2) is 17.6 Å². The zero-order valence-electron chi connectivity index (χ0n) is 8.10. The highest BCUT2D eigenvalue weighted by atomic mass is 28.4. The van der Waals surface area contributed by atoms with Crippen LogP contribution in [0.1, 0.15) is 5.56 Å². The summed E-state index contributed by atoms with van der Waals surface area (Å²) in [6.07, 6.45) is 0. The molecule has 1 aromatic carbocycles. The first-order valence-electron chi connectivity index (χ1n) is 4.10. The Morgan fingerprint density at radius 1 is 1.12 bits per heavy atom. The van der Waals surface area contributed by atoms with Gasteiger partial charge in [-0.1, -0.05) is 0 Å². The van der Waals surface area contributed by atoms with Gasteiger partial charge >= 0.3 is 8.80 Å². The van der Waals surface area contributed by atoms with Crippen LogP contribution in [0, 0.1) is 23.3 Å². The van der Waals surface area contributed by atoms with Crippen molar-refractivity contribution in [3.63, 3.8) is 0 Å². The largest absolute Gasteiger partial charge is 0.499 e. The average Bonchev–Trinajstić information content (AvgIpc) is 2.22. The highest BCUT2D eigenvalue weighted by Gasteiger charge is 2.34. The van der Waals surface area contributed by atoms with Gasteiger partial charge in [0, 0.05) is 13.2 Å². The molecule has 0 aliphatic rings. The van der Waals surface area contributed by atoms with Crippen LogP contribution in [0.25, 0.3) is 0 Å². The Kier molecular flexibility index (Phi) is 3.68. The van der Waals surface area contributed by atoms with E-state index < -0.39 is 43.7 Å². The Bertz CT molecular complexity index is 411. The fraction of sp³-hybridized carbons (Fsp3) is 0.250. The van der Waals surface area contributed by atoms with E-state index in [1.165, 1.54) is 0 Å². The molecule has 0 aliphatic carbocycles. The third-order valence-corrected chi connectivity index (χ3v) is 3.42. The van der Waals surface area contributed by atoms with Crippen LogP contribution >= 0.6 is 0 Å². The molecular formula is C8H8F4O3Si. The third-order valence-electron chi connectivity index (χ3n) is 1.93. The molecule has 0 radical (unpaired) electrons. The number of halogens is 4. The second-order valence-corrected chi connectivity index (χ2v) is 5.33. The first-order chi connectivity index (χ1) is 7.28. The molecule has 0 aromatic heterocycles. The van der Waals surface area contributed by atoms with Gasteiger partial charge in [-0.2, -0.15) is 0 Å². The molecule has 0 unspecified atom stereocenters. The molecule has 0 bridgehead atoms. The van der Waals surface area contributed by atoms with Crippen molar-refractivity contribution in [2.24, 2.45) is 0 Å². The zero-order valence-corrected chi connectivity index (χ0v) is 9.10. The summed E-state index contributed by atoms with van der Waals surface area (Å²) < 4.78 is 55.4. The Morgan fingerprint density at radius 2 is 1.69 bits per heavy atom. The van der Waals surface area contributed by atoms with Crippen molar-refractivity contribution in [2.75, 3.05) is 7.11 Å². The minimum Gasteiger partial charge on any atom is -0.390 e. The number of benzene rings is 1. The minimum absolute atomic E-state index is 0.362. The molecule has 16 heavy (non-hydrogen) atoms. The van der Waals surface area contributed by atoms with Crippen LogP contribution in [-0.4, -0.2) is 25.5 Å². The van der Waals surface area contributed by atoms with E-state index in [0.717, 1.165) is 7.11 Å². The van der Waals surface area contributed by atoms with E-state index in [0.29, 0.717) is 6.07 Å². The Morgan fingerprint density at radius 3 is 2.19 bits per heavy atom. The molecule has 3 nitrogen and oxygen atoms in total. The van der Waals surface area contributed by atoms with E-state index >= 15 is 0 Å². The molecule has 0 fully saturated rings. The van der Waals surface area contributed by atoms with E-state index in [2.05, 4.69) is 4.43 Å². The fourth-order valence-electron chi connectivity index (χ4n) is 1.07. The molecule has 1 aromatic rings. The summed E-state index contributed by atoms with van der Waals surface area (Å²) in [6, 6.07) is -0.440. The lowest BCUT2D eigenvalue weighted by atomic mass is 10.2. The highest BCUT2D eigenvalue weighted by molar-refractivity contribution is 6.57. The summed E-state index contributed by atoms with van der Waals surface area (Å²) in [7, 11) is -3.25. The summed E-state index contributed by atoms with van der Waals surface area (Å²) in [5, 5.41) is 0. The molecule has 90 valence electrons. The van der Waals surface area contributed by atoms with Crippen molar-refractivity contribution < 1.29 is 31.6 Å². The molecule has 0 aliphatic heterocycles. The zero-order chi connectivity index (χ0) is 12.5. The molecule has 0 saturated heterocycles. The topological polar surface area (TPSA) is 49.7 Å². The van der Waals surface area contributed by atoms with Gasteiger partial charge in [0.05, 0.1) is 0 Å². The molecule has 2 N–H and O–H groups in total. The van der Waals surface area contributed by atoms with Gasteiger partial charge in [-0.05, 0) is 11.6 Å². The van der Waals surface area contributed by atoms with Crippen molar-refractivity contribution in [1.82, 2.24) is 0 Å². The van der Waals surface area contributed by atoms with Gasteiger partial charge < -0.3 is 14.0 Å². The lowest BCUT2D eigenvalue weighted by Gasteiger charge is -2.15. The van der Waals surface area contributed by atoms with Crippen LogP contribution in [0.3, 0.4) is 0 Å². The summed E-state index contributed by atoms with van der Waals surface area (Å²) in [4.78, 5) is 18.2. The maximum Gasteiger partial charge on any atom is 0.499 e. The van der Waals surface area contributed by atoms with E-state index in [9.17, 15) is 17.6 Å². The Labute approximate surface area is 89.3 Å². The first kappa shape index (κ1) is 13.1. The number of rotatable bonds is 3. The molecule has 1 rings (SSSR count). The second kappa shape index (κ2) is 4.50. The maximum absolute atomic E-state index is 13.1. The van der Waals surface area contributed by atoms with Gasteiger partial charge in [-0.15, -0.1) is 0 Å². The molecule has 0 heterocycles. The summed E-state index contributed by atoms with van der Waals surface area (Å²) in [5.74, 6) is -7.19. The lowest BCUT2D eigenvalue weighted by molar-refractivity contribution is 0.183. The second-order valence-electron chi connectivity index (χ2n) is 3.08. The van der Waals surface area contributed by atoms with Crippen molar-refractivity contribution in [1.29, 1.82) is 0 Å². The van der Waals surface area contributed by atoms with Crippen molar-refractivity contribution in [3.05, 3.63) is 34.9 Å². The molecular weight excluding hydrogens is 248 g/mol. The van der Waals surface area contributed by atoms with Crippen LogP contribution in [-0.2, 0) is 10.5 Å². The molecule has 0 spiro atoms. The van der Waals surface area contributed by atoms with Crippen molar-refractivity contribution >= 4 is 8.80 Å². The Balaban J connectivity index is 3.16. The van der Waals surface area contributed by atoms with E-state index in [1.807, 2.05) is 0 Å². The highest BCUT2D eigenvalue weighted by Crippen LogP contribution is 2.20. The van der Waals surface area contributed by atoms with E-state index in [1.54, 1.807) is 0 Å². The SMILES string of the molecule is CO[Si](O)(O)Cc1cc(F)c(F)c(F)c1F. The van der Waals surface area contributed by atoms with Crippen LogP contribution in [0.4, 0.5) is 17.6 Å². The first-order valence-corrected chi connectivity index (χ1v) is 6.11. The normalized spacial score (nSPS) is 11.9. The van der Waals surface area contributed by atoms with Gasteiger partial charge in [0.2, 0.25) is 0 Å². The van der Waals surface area contributed by atoms with Crippen molar-refractivity contribution in [2.45, 2.75) is 6.04 Å². The minimum atomic E-state index is -4.21. The molecule has 0 saturated carbocycles. The molecule has 8 heteroatoms. The van der Waals surface area contributed by atoms with Gasteiger partial charge in [0.15, 0.2) is 23.3 Å². The van der Waals surface area contributed by atoms with Gasteiger partial charge in [0.25, 0.3) is 0 Å². The Hall–Kier alpha value is -0.963. The van der Waals surface area contributed by atoms with E-state index in [4.69, 9.17) is 9.59 Å². The monoisotopic (exact) mass is 256 g/mol. The predicted octanol–water partition coefficient (Wildman–Crippen LogP) is 0.895. The third kappa shape index (κ3) is 2.58. The fourth-order valence-corrected chi connectivity index (χ4v) is 1.97. The standard InChI is InChI=1S/C8H8F4O3Si/c1-15-16(13,14)3-4-2-5(9)7(11)8(12)6(4)10/h2,13-14H,3H2,1H3. The lowest BCUT2D eigenvalue weighted by Crippen LogP contribution is -2.41. The summed E-state index contributed by atoms with van der Waals surface area (Å²) >= 11 is 0. The molecule has 0 atom stereocenters. The van der Waals surface area contributed by atoms with Gasteiger partial charge in [0.1, 0.15) is 0 Å². The van der Waals surface area contributed by atoms with Crippen LogP contribution in [0.2, 0.25) is 0 Å². The van der Waals surface area contributed by atoms with Crippen molar-refractivity contribution in [3.8, 4) is 0 Å². The van der Waals surface area contributed by atoms with Gasteiger partial charge in [-0.3, -0.25) is 0 Å². The van der Waals surface area contributed by atoms with Crippen LogP contribution < -0.4 is 0 Å². The van der Waals surface area contributed by atoms with E-state index in [-0.39, 0.29) is 0 Å². The maximum atomic E-state index is 13.1. The smallest absolute Gasteiger partial charge is 0.390 e.